The monoisotopic (exact) mass is 242 g/mol. The predicted octanol–water partition coefficient (Wildman–Crippen LogP) is 2.91. The molecule has 0 aromatic heterocycles. The normalized spacial score (nSPS) is 9.56. The summed E-state index contributed by atoms with van der Waals surface area (Å²) in [7, 11) is 0. The summed E-state index contributed by atoms with van der Waals surface area (Å²) in [6, 6.07) is 16.5. The van der Waals surface area contributed by atoms with Crippen molar-refractivity contribution in [2.24, 2.45) is 11.5 Å². The summed E-state index contributed by atoms with van der Waals surface area (Å²) in [4.78, 5) is 0. The molecule has 0 fully saturated rings. The van der Waals surface area contributed by atoms with Crippen LogP contribution in [-0.2, 0) is 13.1 Å². The third-order valence-electron chi connectivity index (χ3n) is 2.67. The molecule has 4 N–H and O–H groups in total. The molecule has 0 bridgehead atoms. The second-order valence-corrected chi connectivity index (χ2v) is 4.38. The van der Waals surface area contributed by atoms with Crippen LogP contribution in [-0.4, -0.2) is 0 Å². The summed E-state index contributed by atoms with van der Waals surface area (Å²) in [5.41, 5.74) is 15.8. The Balaban J connectivity index is 0.000000180. The van der Waals surface area contributed by atoms with Crippen LogP contribution in [0.3, 0.4) is 0 Å². The van der Waals surface area contributed by atoms with Crippen molar-refractivity contribution in [1.82, 2.24) is 0 Å². The van der Waals surface area contributed by atoms with Crippen molar-refractivity contribution in [1.29, 1.82) is 0 Å². The van der Waals surface area contributed by atoms with Gasteiger partial charge >= 0.3 is 0 Å². The zero-order valence-corrected chi connectivity index (χ0v) is 11.2. The van der Waals surface area contributed by atoms with Gasteiger partial charge in [0.2, 0.25) is 0 Å². The van der Waals surface area contributed by atoms with E-state index in [9.17, 15) is 0 Å². The molecule has 0 atom stereocenters. The van der Waals surface area contributed by atoms with Crippen molar-refractivity contribution in [3.8, 4) is 0 Å². The molecule has 2 aromatic carbocycles. The standard InChI is InChI=1S/2C8H11N/c1-7-2-4-8(6-9)5-3-7;1-7-3-2-4-8(5-7)6-9/h2*2-5H,6,9H2,1H3. The molecule has 0 heterocycles. The highest BCUT2D eigenvalue weighted by atomic mass is 14.5. The Hall–Kier alpha value is -1.64. The van der Waals surface area contributed by atoms with Crippen molar-refractivity contribution in [3.63, 3.8) is 0 Å². The fourth-order valence-corrected chi connectivity index (χ4v) is 1.56. The minimum Gasteiger partial charge on any atom is -0.326 e. The molecule has 0 radical (unpaired) electrons. The first-order valence-corrected chi connectivity index (χ1v) is 6.17. The molecule has 0 unspecified atom stereocenters. The van der Waals surface area contributed by atoms with Gasteiger partial charge in [-0.15, -0.1) is 0 Å². The molecule has 2 heteroatoms. The van der Waals surface area contributed by atoms with Crippen molar-refractivity contribution < 1.29 is 0 Å². The lowest BCUT2D eigenvalue weighted by molar-refractivity contribution is 1.07. The van der Waals surface area contributed by atoms with Crippen LogP contribution in [0.15, 0.2) is 48.5 Å². The average Bonchev–Trinajstić information content (AvgIpc) is 2.40. The first kappa shape index (κ1) is 14.4. The molecule has 0 aliphatic heterocycles. The molecule has 2 rings (SSSR count). The molecule has 0 aliphatic rings. The Bertz CT molecular complexity index is 461. The third kappa shape index (κ3) is 5.13. The van der Waals surface area contributed by atoms with Crippen molar-refractivity contribution in [3.05, 3.63) is 70.8 Å². The second-order valence-electron chi connectivity index (χ2n) is 4.38. The summed E-state index contributed by atoms with van der Waals surface area (Å²) in [5.74, 6) is 0. The number of hydrogen-bond donors (Lipinski definition) is 2. The van der Waals surface area contributed by atoms with Gasteiger partial charge in [0.25, 0.3) is 0 Å². The smallest absolute Gasteiger partial charge is 0.0178 e. The zero-order chi connectivity index (χ0) is 13.4. The Morgan fingerprint density at radius 2 is 1.33 bits per heavy atom. The van der Waals surface area contributed by atoms with Crippen LogP contribution in [0.5, 0.6) is 0 Å². The van der Waals surface area contributed by atoms with Crippen LogP contribution in [0.2, 0.25) is 0 Å². The van der Waals surface area contributed by atoms with E-state index in [-0.39, 0.29) is 0 Å². The van der Waals surface area contributed by atoms with E-state index in [0.717, 1.165) is 0 Å². The van der Waals surface area contributed by atoms with Gasteiger partial charge in [-0.1, -0.05) is 59.7 Å². The van der Waals surface area contributed by atoms with Gasteiger partial charge in [0.15, 0.2) is 0 Å². The Morgan fingerprint density at radius 3 is 1.78 bits per heavy atom. The highest BCUT2D eigenvalue weighted by Crippen LogP contribution is 2.01. The van der Waals surface area contributed by atoms with E-state index < -0.39 is 0 Å². The van der Waals surface area contributed by atoms with Gasteiger partial charge in [-0.05, 0) is 25.0 Å². The maximum absolute atomic E-state index is 5.42. The number of nitrogens with two attached hydrogens (primary N) is 2. The van der Waals surface area contributed by atoms with E-state index in [1.807, 2.05) is 12.1 Å². The van der Waals surface area contributed by atoms with E-state index in [4.69, 9.17) is 11.5 Å². The third-order valence-corrected chi connectivity index (χ3v) is 2.67. The minimum atomic E-state index is 0.639. The van der Waals surface area contributed by atoms with E-state index in [0.29, 0.717) is 13.1 Å². The molecule has 0 amide bonds. The largest absolute Gasteiger partial charge is 0.326 e. The van der Waals surface area contributed by atoms with Gasteiger partial charge in [-0.3, -0.25) is 0 Å². The summed E-state index contributed by atoms with van der Waals surface area (Å²) in [6.45, 7) is 5.42. The quantitative estimate of drug-likeness (QED) is 0.850. The van der Waals surface area contributed by atoms with Crippen LogP contribution in [0.1, 0.15) is 22.3 Å². The minimum absolute atomic E-state index is 0.639. The summed E-state index contributed by atoms with van der Waals surface area (Å²) >= 11 is 0. The first-order chi connectivity index (χ1) is 8.65. The number of hydrogen-bond acceptors (Lipinski definition) is 2. The van der Waals surface area contributed by atoms with Crippen LogP contribution in [0.25, 0.3) is 0 Å². The molecule has 0 saturated heterocycles. The molecule has 96 valence electrons. The molecular weight excluding hydrogens is 220 g/mol. The van der Waals surface area contributed by atoms with Crippen LogP contribution < -0.4 is 11.5 Å². The van der Waals surface area contributed by atoms with Gasteiger partial charge < -0.3 is 11.5 Å². The predicted molar refractivity (Wildman–Crippen MR) is 78.1 cm³/mol. The lowest BCUT2D eigenvalue weighted by Gasteiger charge is -1.95. The lowest BCUT2D eigenvalue weighted by Crippen LogP contribution is -1.95. The fourth-order valence-electron chi connectivity index (χ4n) is 1.56. The summed E-state index contributed by atoms with van der Waals surface area (Å²) < 4.78 is 0. The van der Waals surface area contributed by atoms with E-state index >= 15 is 0 Å². The number of rotatable bonds is 2. The number of benzene rings is 2. The maximum Gasteiger partial charge on any atom is 0.0178 e. The first-order valence-electron chi connectivity index (χ1n) is 6.17. The lowest BCUT2D eigenvalue weighted by atomic mass is 10.1. The average molecular weight is 242 g/mol. The van der Waals surface area contributed by atoms with Crippen LogP contribution in [0.4, 0.5) is 0 Å². The second kappa shape index (κ2) is 7.64. The highest BCUT2D eigenvalue weighted by molar-refractivity contribution is 5.22. The van der Waals surface area contributed by atoms with Crippen molar-refractivity contribution >= 4 is 0 Å². The molecule has 2 nitrogen and oxygen atoms in total. The molecule has 18 heavy (non-hydrogen) atoms. The molecular formula is C16H22N2. The van der Waals surface area contributed by atoms with E-state index in [2.05, 4.69) is 50.2 Å². The van der Waals surface area contributed by atoms with Crippen LogP contribution >= 0.6 is 0 Å². The summed E-state index contributed by atoms with van der Waals surface area (Å²) in [5, 5.41) is 0. The molecule has 0 aliphatic carbocycles. The molecule has 2 aromatic rings. The Kier molecular flexibility index (Phi) is 6.12. The summed E-state index contributed by atoms with van der Waals surface area (Å²) in [6.07, 6.45) is 0. The SMILES string of the molecule is Cc1ccc(CN)cc1.Cc1cccc(CN)c1. The van der Waals surface area contributed by atoms with Gasteiger partial charge in [-0.2, -0.15) is 0 Å². The molecule has 0 spiro atoms. The Morgan fingerprint density at radius 1 is 0.722 bits per heavy atom. The van der Waals surface area contributed by atoms with Crippen molar-refractivity contribution in [2.45, 2.75) is 26.9 Å². The van der Waals surface area contributed by atoms with Crippen molar-refractivity contribution in [2.75, 3.05) is 0 Å². The molecule has 0 saturated carbocycles. The van der Waals surface area contributed by atoms with E-state index in [1.165, 1.54) is 22.3 Å². The highest BCUT2D eigenvalue weighted by Gasteiger charge is 1.86. The Labute approximate surface area is 110 Å². The maximum atomic E-state index is 5.42. The van der Waals surface area contributed by atoms with E-state index in [1.54, 1.807) is 0 Å². The van der Waals surface area contributed by atoms with Gasteiger partial charge in [0.1, 0.15) is 0 Å². The fraction of sp³-hybridized carbons (Fsp3) is 0.250. The number of aryl methyl sites for hydroxylation is 2. The van der Waals surface area contributed by atoms with Gasteiger partial charge in [-0.25, -0.2) is 0 Å². The topological polar surface area (TPSA) is 52.0 Å². The van der Waals surface area contributed by atoms with Crippen LogP contribution in [0, 0.1) is 13.8 Å². The zero-order valence-electron chi connectivity index (χ0n) is 11.2. The van der Waals surface area contributed by atoms with Gasteiger partial charge in [0.05, 0.1) is 0 Å². The van der Waals surface area contributed by atoms with Gasteiger partial charge in [0, 0.05) is 13.1 Å².